The summed E-state index contributed by atoms with van der Waals surface area (Å²) in [5.41, 5.74) is 0. The Morgan fingerprint density at radius 3 is 1.43 bits per heavy atom. The first-order chi connectivity index (χ1) is 13.5. The van der Waals surface area contributed by atoms with Crippen LogP contribution in [0.3, 0.4) is 0 Å². The molecule has 0 aliphatic carbocycles. The molecule has 4 rings (SSSR count). The van der Waals surface area contributed by atoms with E-state index >= 15 is 0 Å². The normalized spacial score (nSPS) is 17.7. The molecule has 0 spiro atoms. The van der Waals surface area contributed by atoms with Crippen LogP contribution in [0.1, 0.15) is 13.3 Å². The van der Waals surface area contributed by atoms with Gasteiger partial charge in [0.05, 0.1) is 0 Å². The van der Waals surface area contributed by atoms with Crippen LogP contribution in [0.2, 0.25) is 0 Å². The van der Waals surface area contributed by atoms with Crippen LogP contribution in [-0.4, -0.2) is 25.2 Å². The van der Waals surface area contributed by atoms with E-state index < -0.39 is 11.1 Å². The summed E-state index contributed by atoms with van der Waals surface area (Å²) in [5.74, 6) is -0.532. The minimum absolute atomic E-state index is 0.532. The van der Waals surface area contributed by atoms with Crippen LogP contribution in [0, 0.1) is 0 Å². The fourth-order valence-corrected chi connectivity index (χ4v) is 11.7. The number of hydrogen-bond donors (Lipinski definition) is 0. The zero-order valence-corrected chi connectivity index (χ0v) is 18.6. The van der Waals surface area contributed by atoms with Crippen molar-refractivity contribution in [2.75, 3.05) is 19.4 Å². The molecule has 1 heterocycles. The van der Waals surface area contributed by atoms with Gasteiger partial charge >= 0.3 is 176 Å². The summed E-state index contributed by atoms with van der Waals surface area (Å²) in [6.45, 7) is 3.39. The second-order valence-corrected chi connectivity index (χ2v) is 16.6. The van der Waals surface area contributed by atoms with Gasteiger partial charge in [-0.3, -0.25) is 0 Å². The Hall–Kier alpha value is -1.51. The second-order valence-electron chi connectivity index (χ2n) is 7.49. The molecular weight excluding hydrogens is 431 g/mol. The van der Waals surface area contributed by atoms with E-state index in [4.69, 9.17) is 9.47 Å². The molecule has 0 radical (unpaired) electrons. The molecule has 0 saturated carbocycles. The monoisotopic (exact) mass is 456 g/mol. The van der Waals surface area contributed by atoms with E-state index in [0.717, 1.165) is 12.6 Å². The van der Waals surface area contributed by atoms with Crippen molar-refractivity contribution in [1.82, 2.24) is 0 Å². The summed E-state index contributed by atoms with van der Waals surface area (Å²) in [7, 11) is 0. The average molecular weight is 457 g/mol. The van der Waals surface area contributed by atoms with Gasteiger partial charge in [-0.25, -0.2) is 0 Å². The van der Waals surface area contributed by atoms with Crippen LogP contribution in [0.25, 0.3) is 0 Å². The van der Waals surface area contributed by atoms with Crippen molar-refractivity contribution in [3.8, 4) is 0 Å². The zero-order chi connectivity index (χ0) is 19.5. The average Bonchev–Trinajstić information content (AvgIpc) is 3.21. The van der Waals surface area contributed by atoms with Gasteiger partial charge in [0, 0.05) is 0 Å². The van der Waals surface area contributed by atoms with E-state index in [1.807, 2.05) is 0 Å². The maximum atomic E-state index is 5.97. The first kappa shape index (κ1) is 19.8. The van der Waals surface area contributed by atoms with Crippen molar-refractivity contribution >= 4 is 36.7 Å². The Morgan fingerprint density at radius 2 is 1.07 bits per heavy atom. The number of halogens is 1. The molecule has 1 fully saturated rings. The van der Waals surface area contributed by atoms with Gasteiger partial charge in [-0.15, -0.1) is 0 Å². The zero-order valence-electron chi connectivity index (χ0n) is 16.1. The number of rotatable bonds is 6. The van der Waals surface area contributed by atoms with Crippen LogP contribution in [0.15, 0.2) is 91.0 Å². The summed E-state index contributed by atoms with van der Waals surface area (Å²) < 4.78 is 11.9. The predicted octanol–water partition coefficient (Wildman–Crippen LogP) is 4.98. The second kappa shape index (κ2) is 7.72. The van der Waals surface area contributed by atoms with E-state index in [-0.39, 0.29) is 0 Å². The molecule has 1 aliphatic heterocycles. The third kappa shape index (κ3) is 3.35. The van der Waals surface area contributed by atoms with E-state index in [9.17, 15) is 0 Å². The van der Waals surface area contributed by atoms with Crippen molar-refractivity contribution in [2.24, 2.45) is 0 Å². The molecule has 0 unspecified atom stereocenters. The van der Waals surface area contributed by atoms with Crippen LogP contribution >= 0.6 is 20.8 Å². The third-order valence-corrected chi connectivity index (χ3v) is 15.7. The maximum absolute atomic E-state index is 5.97. The standard InChI is InChI=1S/C24H26BrO2P/c1-24(26-18-19-27-24)17-20-28(25,21-11-5-2-6-12-21,22-13-7-3-8-14-22)23-15-9-4-10-16-23/h2-16H,17-20H2,1H3. The molecule has 146 valence electrons. The molecule has 1 aliphatic rings. The Bertz CT molecular complexity index is 810. The minimum atomic E-state index is -2.90. The SMILES string of the molecule is CC1(CCP(Br)(c2ccccc2)(c2ccccc2)c2ccccc2)OCCO1. The Morgan fingerprint density at radius 1 is 0.714 bits per heavy atom. The van der Waals surface area contributed by atoms with Gasteiger partial charge < -0.3 is 0 Å². The van der Waals surface area contributed by atoms with Gasteiger partial charge in [-0.1, -0.05) is 0 Å². The van der Waals surface area contributed by atoms with E-state index in [1.54, 1.807) is 0 Å². The summed E-state index contributed by atoms with van der Waals surface area (Å²) >= 11 is 4.47. The van der Waals surface area contributed by atoms with Crippen LogP contribution < -0.4 is 15.9 Å². The Balaban J connectivity index is 1.95. The fourth-order valence-electron chi connectivity index (χ4n) is 4.17. The number of ether oxygens (including phenoxy) is 2. The Kier molecular flexibility index (Phi) is 5.46. The number of benzene rings is 3. The molecule has 3 aromatic carbocycles. The first-order valence-corrected chi connectivity index (χ1v) is 14.2. The van der Waals surface area contributed by atoms with E-state index in [1.165, 1.54) is 15.9 Å². The van der Waals surface area contributed by atoms with Crippen molar-refractivity contribution in [2.45, 2.75) is 19.1 Å². The summed E-state index contributed by atoms with van der Waals surface area (Å²) in [6, 6.07) is 32.6. The molecule has 0 amide bonds. The molecular formula is C24H26BrO2P. The molecule has 0 atom stereocenters. The van der Waals surface area contributed by atoms with Gasteiger partial charge in [0.25, 0.3) is 0 Å². The molecule has 1 saturated heterocycles. The first-order valence-electron chi connectivity index (χ1n) is 9.73. The van der Waals surface area contributed by atoms with Gasteiger partial charge in [0.2, 0.25) is 0 Å². The van der Waals surface area contributed by atoms with E-state index in [0.29, 0.717) is 13.2 Å². The van der Waals surface area contributed by atoms with E-state index in [2.05, 4.69) is 113 Å². The molecule has 28 heavy (non-hydrogen) atoms. The quantitative estimate of drug-likeness (QED) is 0.487. The van der Waals surface area contributed by atoms with Crippen molar-refractivity contribution in [3.05, 3.63) is 91.0 Å². The topological polar surface area (TPSA) is 18.5 Å². The molecule has 4 heteroatoms. The van der Waals surface area contributed by atoms with Crippen LogP contribution in [0.4, 0.5) is 0 Å². The molecule has 0 bridgehead atoms. The predicted molar refractivity (Wildman–Crippen MR) is 124 cm³/mol. The third-order valence-electron chi connectivity index (χ3n) is 5.77. The van der Waals surface area contributed by atoms with Crippen molar-refractivity contribution in [1.29, 1.82) is 0 Å². The summed E-state index contributed by atoms with van der Waals surface area (Å²) in [4.78, 5) is 0. The van der Waals surface area contributed by atoms with Gasteiger partial charge in [0.15, 0.2) is 0 Å². The van der Waals surface area contributed by atoms with Crippen LogP contribution in [0.5, 0.6) is 0 Å². The fraction of sp³-hybridized carbons (Fsp3) is 0.250. The van der Waals surface area contributed by atoms with Crippen LogP contribution in [-0.2, 0) is 9.47 Å². The summed E-state index contributed by atoms with van der Waals surface area (Å²) in [6.07, 6.45) is 1.73. The molecule has 0 N–H and O–H groups in total. The summed E-state index contributed by atoms with van der Waals surface area (Å²) in [5, 5.41) is 1.08. The molecule has 2 nitrogen and oxygen atoms in total. The van der Waals surface area contributed by atoms with Crippen molar-refractivity contribution in [3.63, 3.8) is 0 Å². The number of hydrogen-bond acceptors (Lipinski definition) is 2. The van der Waals surface area contributed by atoms with Gasteiger partial charge in [-0.2, -0.15) is 0 Å². The Labute approximate surface area is 175 Å². The van der Waals surface area contributed by atoms with Gasteiger partial charge in [-0.05, 0) is 0 Å². The van der Waals surface area contributed by atoms with Gasteiger partial charge in [0.1, 0.15) is 0 Å². The molecule has 3 aromatic rings. The molecule has 0 aromatic heterocycles. The van der Waals surface area contributed by atoms with Crippen molar-refractivity contribution < 1.29 is 9.47 Å².